The minimum absolute atomic E-state index is 0.256. The Bertz CT molecular complexity index is 1120. The predicted octanol–water partition coefficient (Wildman–Crippen LogP) is 1.86. The van der Waals surface area contributed by atoms with Gasteiger partial charge >= 0.3 is 11.9 Å². The van der Waals surface area contributed by atoms with E-state index in [1.807, 2.05) is 4.90 Å². The maximum absolute atomic E-state index is 12.5. The molecule has 2 aromatic heterocycles. The van der Waals surface area contributed by atoms with E-state index >= 15 is 0 Å². The quantitative estimate of drug-likeness (QED) is 0.568. The van der Waals surface area contributed by atoms with Gasteiger partial charge < -0.3 is 24.4 Å². The van der Waals surface area contributed by atoms with Crippen LogP contribution >= 0.6 is 0 Å². The lowest BCUT2D eigenvalue weighted by atomic mass is 10.0. The summed E-state index contributed by atoms with van der Waals surface area (Å²) in [5.74, 6) is -0.765. The van der Waals surface area contributed by atoms with E-state index in [-0.39, 0.29) is 6.54 Å². The Morgan fingerprint density at radius 2 is 1.91 bits per heavy atom. The average Bonchev–Trinajstić information content (AvgIpc) is 2.95. The minimum atomic E-state index is -0.996. The van der Waals surface area contributed by atoms with Gasteiger partial charge in [-0.1, -0.05) is 0 Å². The average molecular weight is 439 g/mol. The molecule has 2 N–H and O–H groups in total. The summed E-state index contributed by atoms with van der Waals surface area (Å²) < 4.78 is 6.90. The number of carbonyl (C=O) groups is 2. The van der Waals surface area contributed by atoms with Crippen molar-refractivity contribution in [2.75, 3.05) is 38.2 Å². The SMILES string of the molecule is COc1ccc2c(c1)c([C@H](C(=O)O)N1CCCN(c3ncccn3)CC1)cn2CC(=O)O. The van der Waals surface area contributed by atoms with E-state index < -0.39 is 18.0 Å². The van der Waals surface area contributed by atoms with Gasteiger partial charge in [0.1, 0.15) is 18.3 Å². The topological polar surface area (TPSA) is 121 Å². The third kappa shape index (κ3) is 4.35. The third-order valence-electron chi connectivity index (χ3n) is 5.68. The molecule has 0 saturated carbocycles. The van der Waals surface area contributed by atoms with E-state index in [0.29, 0.717) is 47.8 Å². The van der Waals surface area contributed by atoms with Gasteiger partial charge in [-0.3, -0.25) is 14.5 Å². The Morgan fingerprint density at radius 1 is 1.12 bits per heavy atom. The molecule has 168 valence electrons. The fourth-order valence-corrected chi connectivity index (χ4v) is 4.26. The molecule has 1 aliphatic rings. The van der Waals surface area contributed by atoms with Crippen molar-refractivity contribution < 1.29 is 24.5 Å². The van der Waals surface area contributed by atoms with E-state index in [1.54, 1.807) is 54.5 Å². The zero-order valence-electron chi connectivity index (χ0n) is 17.7. The van der Waals surface area contributed by atoms with Crippen LogP contribution in [0.3, 0.4) is 0 Å². The first-order chi connectivity index (χ1) is 15.5. The largest absolute Gasteiger partial charge is 0.497 e. The van der Waals surface area contributed by atoms with Crippen LogP contribution in [-0.4, -0.2) is 74.9 Å². The lowest BCUT2D eigenvalue weighted by Gasteiger charge is -2.27. The van der Waals surface area contributed by atoms with Crippen LogP contribution in [0, 0.1) is 0 Å². The molecule has 3 aromatic rings. The summed E-state index contributed by atoms with van der Waals surface area (Å²) in [6.45, 7) is 2.14. The summed E-state index contributed by atoms with van der Waals surface area (Å²) in [6.07, 6.45) is 5.77. The summed E-state index contributed by atoms with van der Waals surface area (Å²) >= 11 is 0. The number of aromatic nitrogens is 3. The van der Waals surface area contributed by atoms with E-state index in [2.05, 4.69) is 14.9 Å². The number of ether oxygens (including phenoxy) is 1. The van der Waals surface area contributed by atoms with Crippen LogP contribution in [0.5, 0.6) is 5.75 Å². The highest BCUT2D eigenvalue weighted by Crippen LogP contribution is 2.33. The van der Waals surface area contributed by atoms with Crippen LogP contribution in [0.2, 0.25) is 0 Å². The van der Waals surface area contributed by atoms with Gasteiger partial charge in [-0.25, -0.2) is 9.97 Å². The van der Waals surface area contributed by atoms with Crippen LogP contribution in [0.1, 0.15) is 18.0 Å². The molecule has 1 aromatic carbocycles. The van der Waals surface area contributed by atoms with Gasteiger partial charge in [0.2, 0.25) is 5.95 Å². The number of rotatable bonds is 7. The number of methoxy groups -OCH3 is 1. The van der Waals surface area contributed by atoms with Crippen LogP contribution in [0.25, 0.3) is 10.9 Å². The second-order valence-corrected chi connectivity index (χ2v) is 7.66. The molecule has 1 saturated heterocycles. The molecule has 3 heterocycles. The number of benzene rings is 1. The molecule has 1 atom stereocenters. The Labute approximate surface area is 184 Å². The summed E-state index contributed by atoms with van der Waals surface area (Å²) in [7, 11) is 1.54. The summed E-state index contributed by atoms with van der Waals surface area (Å²) in [5.41, 5.74) is 1.21. The summed E-state index contributed by atoms with van der Waals surface area (Å²) in [5, 5.41) is 20.2. The molecule has 1 fully saturated rings. The monoisotopic (exact) mass is 439 g/mol. The fourth-order valence-electron chi connectivity index (χ4n) is 4.26. The molecule has 10 nitrogen and oxygen atoms in total. The summed E-state index contributed by atoms with van der Waals surface area (Å²) in [4.78, 5) is 36.4. The normalized spacial score (nSPS) is 16.0. The lowest BCUT2D eigenvalue weighted by molar-refractivity contribution is -0.143. The standard InChI is InChI=1S/C22H25N5O5/c1-32-15-4-5-18-16(12-15)17(13-27(18)14-19(28)29)20(21(30)31)25-8-3-9-26(11-10-25)22-23-6-2-7-24-22/h2,4-7,12-13,20H,3,8-11,14H2,1H3,(H,28,29)(H,30,31)/t20-/m1/s1. The molecular formula is C22H25N5O5. The van der Waals surface area contributed by atoms with E-state index in [1.165, 1.54) is 0 Å². The Balaban J connectivity index is 1.69. The molecular weight excluding hydrogens is 414 g/mol. The van der Waals surface area contributed by atoms with Crippen molar-refractivity contribution >= 4 is 28.8 Å². The Kier molecular flexibility index (Phi) is 6.22. The second-order valence-electron chi connectivity index (χ2n) is 7.66. The van der Waals surface area contributed by atoms with Crippen LogP contribution in [0.15, 0.2) is 42.9 Å². The minimum Gasteiger partial charge on any atom is -0.497 e. The van der Waals surface area contributed by atoms with E-state index in [4.69, 9.17) is 4.74 Å². The number of aliphatic carboxylic acids is 2. The first-order valence-corrected chi connectivity index (χ1v) is 10.4. The smallest absolute Gasteiger partial charge is 0.325 e. The molecule has 0 spiro atoms. The van der Waals surface area contributed by atoms with Gasteiger partial charge in [-0.15, -0.1) is 0 Å². The van der Waals surface area contributed by atoms with Gasteiger partial charge in [0.05, 0.1) is 7.11 Å². The first-order valence-electron chi connectivity index (χ1n) is 10.4. The fraction of sp³-hybridized carbons (Fsp3) is 0.364. The lowest BCUT2D eigenvalue weighted by Crippen LogP contribution is -2.37. The zero-order chi connectivity index (χ0) is 22.7. The Hall–Kier alpha value is -3.66. The van der Waals surface area contributed by atoms with Gasteiger partial charge in [0.15, 0.2) is 0 Å². The molecule has 4 rings (SSSR count). The molecule has 0 radical (unpaired) electrons. The number of anilines is 1. The molecule has 32 heavy (non-hydrogen) atoms. The molecule has 10 heteroatoms. The maximum Gasteiger partial charge on any atom is 0.325 e. The third-order valence-corrected chi connectivity index (χ3v) is 5.68. The molecule has 0 aliphatic carbocycles. The maximum atomic E-state index is 12.5. The molecule has 0 bridgehead atoms. The van der Waals surface area contributed by atoms with Gasteiger partial charge in [-0.05, 0) is 30.7 Å². The van der Waals surface area contributed by atoms with Gasteiger partial charge in [0, 0.05) is 61.2 Å². The zero-order valence-corrected chi connectivity index (χ0v) is 17.7. The number of fused-ring (bicyclic) bond motifs is 1. The van der Waals surface area contributed by atoms with E-state index in [0.717, 1.165) is 13.0 Å². The predicted molar refractivity (Wildman–Crippen MR) is 117 cm³/mol. The van der Waals surface area contributed by atoms with Crippen LogP contribution in [-0.2, 0) is 16.1 Å². The van der Waals surface area contributed by atoms with Crippen molar-refractivity contribution in [2.24, 2.45) is 0 Å². The summed E-state index contributed by atoms with van der Waals surface area (Å²) in [6, 6.07) is 6.10. The first kappa shape index (κ1) is 21.6. The van der Waals surface area contributed by atoms with E-state index in [9.17, 15) is 19.8 Å². The number of nitrogens with zero attached hydrogens (tertiary/aromatic N) is 5. The Morgan fingerprint density at radius 3 is 2.59 bits per heavy atom. The van der Waals surface area contributed by atoms with Crippen molar-refractivity contribution in [3.63, 3.8) is 0 Å². The molecule has 0 amide bonds. The van der Waals surface area contributed by atoms with Crippen molar-refractivity contribution in [1.29, 1.82) is 0 Å². The number of carboxylic acids is 2. The van der Waals surface area contributed by atoms with Crippen molar-refractivity contribution in [3.05, 3.63) is 48.4 Å². The van der Waals surface area contributed by atoms with Gasteiger partial charge in [0.25, 0.3) is 0 Å². The van der Waals surface area contributed by atoms with Gasteiger partial charge in [-0.2, -0.15) is 0 Å². The van der Waals surface area contributed by atoms with Crippen molar-refractivity contribution in [1.82, 2.24) is 19.4 Å². The highest BCUT2D eigenvalue weighted by Gasteiger charge is 2.32. The number of carboxylic acid groups (broad SMARTS) is 2. The number of hydrogen-bond donors (Lipinski definition) is 2. The molecule has 1 aliphatic heterocycles. The molecule has 0 unspecified atom stereocenters. The van der Waals surface area contributed by atoms with Crippen LogP contribution in [0.4, 0.5) is 5.95 Å². The van der Waals surface area contributed by atoms with Crippen LogP contribution < -0.4 is 9.64 Å². The van der Waals surface area contributed by atoms with Crippen molar-refractivity contribution in [3.8, 4) is 5.75 Å². The second kappa shape index (κ2) is 9.23. The number of hydrogen-bond acceptors (Lipinski definition) is 7. The van der Waals surface area contributed by atoms with Crippen molar-refractivity contribution in [2.45, 2.75) is 19.0 Å². The highest BCUT2D eigenvalue weighted by molar-refractivity contribution is 5.91. The highest BCUT2D eigenvalue weighted by atomic mass is 16.5.